The quantitative estimate of drug-likeness (QED) is 0.526. The first kappa shape index (κ1) is 22.7. The summed E-state index contributed by atoms with van der Waals surface area (Å²) >= 11 is 0. The summed E-state index contributed by atoms with van der Waals surface area (Å²) in [5.41, 5.74) is 2.63. The molecule has 0 aromatic heterocycles. The maximum absolute atomic E-state index is 5.61. The summed E-state index contributed by atoms with van der Waals surface area (Å²) in [5, 5.41) is 3.58. The highest BCUT2D eigenvalue weighted by Gasteiger charge is 2.14. The van der Waals surface area contributed by atoms with Gasteiger partial charge in [-0.2, -0.15) is 0 Å². The topological polar surface area (TPSA) is 30.5 Å². The number of ether oxygens (including phenoxy) is 2. The number of nitrogens with one attached hydrogen (secondary N) is 1. The lowest BCUT2D eigenvalue weighted by Crippen LogP contribution is -2.37. The van der Waals surface area contributed by atoms with E-state index in [0.717, 1.165) is 25.2 Å². The van der Waals surface area contributed by atoms with Gasteiger partial charge >= 0.3 is 0 Å². The minimum absolute atomic E-state index is 0.104. The lowest BCUT2D eigenvalue weighted by molar-refractivity contribution is 0.0531. The second kappa shape index (κ2) is 10.7. The molecule has 0 fully saturated rings. The zero-order chi connectivity index (χ0) is 19.6. The molecule has 3 nitrogen and oxygen atoms in total. The van der Waals surface area contributed by atoms with Crippen molar-refractivity contribution in [1.82, 2.24) is 5.32 Å². The van der Waals surface area contributed by atoms with Crippen molar-refractivity contribution in [3.8, 4) is 11.8 Å². The molecule has 1 N–H and O–H groups in total. The third-order valence-corrected chi connectivity index (χ3v) is 3.58. The third kappa shape index (κ3) is 11.3. The molecule has 0 aliphatic rings. The van der Waals surface area contributed by atoms with Crippen molar-refractivity contribution >= 4 is 0 Å². The van der Waals surface area contributed by atoms with Crippen molar-refractivity contribution in [1.29, 1.82) is 0 Å². The van der Waals surface area contributed by atoms with E-state index in [1.807, 2.05) is 0 Å². The molecular formula is C23H37NO2. The molecule has 0 radical (unpaired) electrons. The Bertz CT molecular complexity index is 567. The average molecular weight is 360 g/mol. The molecule has 0 spiro atoms. The van der Waals surface area contributed by atoms with Gasteiger partial charge in [-0.25, -0.2) is 0 Å². The first-order valence-corrected chi connectivity index (χ1v) is 9.59. The summed E-state index contributed by atoms with van der Waals surface area (Å²) in [4.78, 5) is 0. The van der Waals surface area contributed by atoms with Gasteiger partial charge in [-0.05, 0) is 57.2 Å². The molecule has 0 saturated heterocycles. The van der Waals surface area contributed by atoms with Crippen molar-refractivity contribution < 1.29 is 9.47 Å². The third-order valence-electron chi connectivity index (χ3n) is 3.58. The van der Waals surface area contributed by atoms with Crippen LogP contribution in [0.5, 0.6) is 0 Å². The summed E-state index contributed by atoms with van der Waals surface area (Å²) in [7, 11) is 0. The van der Waals surface area contributed by atoms with E-state index in [2.05, 4.69) is 89.9 Å². The fourth-order valence-corrected chi connectivity index (χ4v) is 2.49. The molecule has 0 bridgehead atoms. The molecule has 3 heteroatoms. The smallest absolute Gasteiger partial charge is 0.108 e. The molecule has 1 unspecified atom stereocenters. The van der Waals surface area contributed by atoms with Crippen LogP contribution in [0.1, 0.15) is 72.1 Å². The Morgan fingerprint density at radius 1 is 0.962 bits per heavy atom. The van der Waals surface area contributed by atoms with Crippen LogP contribution in [0.3, 0.4) is 0 Å². The monoisotopic (exact) mass is 359 g/mol. The van der Waals surface area contributed by atoms with E-state index in [9.17, 15) is 0 Å². The zero-order valence-electron chi connectivity index (χ0n) is 17.7. The van der Waals surface area contributed by atoms with Gasteiger partial charge < -0.3 is 14.8 Å². The SMILES string of the molecule is CC(NC(C)(C)C)c1ccc(C#CCOCCCOCC(C)(C)C)cc1. The van der Waals surface area contributed by atoms with Crippen molar-refractivity contribution in [3.05, 3.63) is 35.4 Å². The second-order valence-corrected chi connectivity index (χ2v) is 9.06. The molecule has 0 aliphatic carbocycles. The first-order valence-electron chi connectivity index (χ1n) is 9.59. The van der Waals surface area contributed by atoms with Gasteiger partial charge in [0.2, 0.25) is 0 Å². The van der Waals surface area contributed by atoms with Crippen LogP contribution in [0.25, 0.3) is 0 Å². The fraction of sp³-hybridized carbons (Fsp3) is 0.652. The van der Waals surface area contributed by atoms with E-state index in [1.165, 1.54) is 5.56 Å². The van der Waals surface area contributed by atoms with Gasteiger partial charge in [-0.3, -0.25) is 0 Å². The normalized spacial score (nSPS) is 13.2. The molecule has 1 rings (SSSR count). The van der Waals surface area contributed by atoms with Gasteiger partial charge in [-0.1, -0.05) is 44.7 Å². The van der Waals surface area contributed by atoms with Crippen LogP contribution in [0.4, 0.5) is 0 Å². The van der Waals surface area contributed by atoms with Crippen LogP contribution < -0.4 is 5.32 Å². The van der Waals surface area contributed by atoms with Crippen LogP contribution >= 0.6 is 0 Å². The molecule has 1 aromatic rings. The highest BCUT2D eigenvalue weighted by atomic mass is 16.5. The maximum atomic E-state index is 5.61. The predicted octanol–water partition coefficient (Wildman–Crippen LogP) is 4.96. The molecular weight excluding hydrogens is 322 g/mol. The largest absolute Gasteiger partial charge is 0.381 e. The fourth-order valence-electron chi connectivity index (χ4n) is 2.49. The van der Waals surface area contributed by atoms with E-state index >= 15 is 0 Å². The van der Waals surface area contributed by atoms with Gasteiger partial charge in [0, 0.05) is 23.8 Å². The number of benzene rings is 1. The Morgan fingerprint density at radius 3 is 2.15 bits per heavy atom. The van der Waals surface area contributed by atoms with E-state index in [-0.39, 0.29) is 11.0 Å². The van der Waals surface area contributed by atoms with Gasteiger partial charge in [0.1, 0.15) is 6.61 Å². The van der Waals surface area contributed by atoms with E-state index in [4.69, 9.17) is 9.47 Å². The molecule has 1 aromatic carbocycles. The van der Waals surface area contributed by atoms with Crippen LogP contribution in [-0.2, 0) is 9.47 Å². The van der Waals surface area contributed by atoms with Crippen molar-refractivity contribution in [3.63, 3.8) is 0 Å². The predicted molar refractivity (Wildman–Crippen MR) is 110 cm³/mol. The van der Waals surface area contributed by atoms with E-state index in [1.54, 1.807) is 0 Å². The summed E-state index contributed by atoms with van der Waals surface area (Å²) in [5.74, 6) is 6.23. The Balaban J connectivity index is 2.25. The van der Waals surface area contributed by atoms with Crippen LogP contribution in [0.15, 0.2) is 24.3 Å². The summed E-state index contributed by atoms with van der Waals surface area (Å²) < 4.78 is 11.2. The highest BCUT2D eigenvalue weighted by Crippen LogP contribution is 2.16. The summed E-state index contributed by atoms with van der Waals surface area (Å²) in [6.07, 6.45) is 0.908. The van der Waals surface area contributed by atoms with Crippen LogP contribution in [0.2, 0.25) is 0 Å². The Labute approximate surface area is 160 Å². The van der Waals surface area contributed by atoms with E-state index in [0.29, 0.717) is 19.3 Å². The minimum Gasteiger partial charge on any atom is -0.381 e. The van der Waals surface area contributed by atoms with Crippen LogP contribution in [-0.4, -0.2) is 32.0 Å². The number of hydrogen-bond acceptors (Lipinski definition) is 3. The molecule has 0 saturated carbocycles. The summed E-state index contributed by atoms with van der Waals surface area (Å²) in [6, 6.07) is 8.75. The Kier molecular flexibility index (Phi) is 9.36. The molecule has 0 heterocycles. The van der Waals surface area contributed by atoms with E-state index < -0.39 is 0 Å². The zero-order valence-corrected chi connectivity index (χ0v) is 17.7. The Hall–Kier alpha value is -1.34. The first-order chi connectivity index (χ1) is 12.1. The van der Waals surface area contributed by atoms with Crippen molar-refractivity contribution in [2.24, 2.45) is 5.41 Å². The van der Waals surface area contributed by atoms with Gasteiger partial charge in [-0.15, -0.1) is 0 Å². The minimum atomic E-state index is 0.104. The molecule has 0 amide bonds. The molecule has 1 atom stereocenters. The molecule has 146 valence electrons. The lowest BCUT2D eigenvalue weighted by atomic mass is 9.99. The van der Waals surface area contributed by atoms with Crippen molar-refractivity contribution in [2.45, 2.75) is 66.5 Å². The average Bonchev–Trinajstić information content (AvgIpc) is 2.51. The Morgan fingerprint density at radius 2 is 1.58 bits per heavy atom. The van der Waals surface area contributed by atoms with Crippen molar-refractivity contribution in [2.75, 3.05) is 26.4 Å². The van der Waals surface area contributed by atoms with Gasteiger partial charge in [0.05, 0.1) is 13.2 Å². The second-order valence-electron chi connectivity index (χ2n) is 9.06. The van der Waals surface area contributed by atoms with Gasteiger partial charge in [0.15, 0.2) is 0 Å². The van der Waals surface area contributed by atoms with Gasteiger partial charge in [0.25, 0.3) is 0 Å². The summed E-state index contributed by atoms with van der Waals surface area (Å²) in [6.45, 7) is 17.9. The lowest BCUT2D eigenvalue weighted by Gasteiger charge is -2.26. The number of hydrogen-bond donors (Lipinski definition) is 1. The standard InChI is InChI=1S/C23H37NO2/c1-19(24-23(5,6)7)21-13-11-20(12-14-21)10-8-15-25-16-9-17-26-18-22(2,3)4/h11-14,19,24H,9,15-18H2,1-7H3. The maximum Gasteiger partial charge on any atom is 0.108 e. The van der Waals surface area contributed by atoms with Crippen LogP contribution in [0, 0.1) is 17.3 Å². The highest BCUT2D eigenvalue weighted by molar-refractivity contribution is 5.37. The number of rotatable bonds is 8. The molecule has 26 heavy (non-hydrogen) atoms. The molecule has 0 aliphatic heterocycles.